The van der Waals surface area contributed by atoms with Crippen molar-refractivity contribution in [2.75, 3.05) is 0 Å². The van der Waals surface area contributed by atoms with Crippen LogP contribution in [0.25, 0.3) is 21.5 Å². The molecule has 0 saturated carbocycles. The fourth-order valence-corrected chi connectivity index (χ4v) is 4.37. The third kappa shape index (κ3) is 2.14. The molecule has 1 aliphatic rings. The Morgan fingerprint density at radius 2 is 1.42 bits per heavy atom. The molecule has 0 N–H and O–H groups in total. The van der Waals surface area contributed by atoms with Crippen molar-refractivity contribution in [1.29, 1.82) is 0 Å². The molecule has 1 unspecified atom stereocenters. The third-order valence-electron chi connectivity index (χ3n) is 5.52. The molecule has 1 atom stereocenters. The van der Waals surface area contributed by atoms with Crippen molar-refractivity contribution >= 4 is 21.5 Å². The number of aryl methyl sites for hydroxylation is 1. The summed E-state index contributed by atoms with van der Waals surface area (Å²) in [5.41, 5.74) is 4.57. The molecule has 0 heterocycles. The zero-order valence-corrected chi connectivity index (χ0v) is 13.7. The number of hydrogen-bond acceptors (Lipinski definition) is 0. The highest BCUT2D eigenvalue weighted by atomic mass is 14.3. The Morgan fingerprint density at radius 3 is 2.33 bits per heavy atom. The van der Waals surface area contributed by atoms with Crippen LogP contribution in [0.5, 0.6) is 0 Å². The zero-order valence-electron chi connectivity index (χ0n) is 13.7. The van der Waals surface area contributed by atoms with Gasteiger partial charge >= 0.3 is 0 Å². The van der Waals surface area contributed by atoms with Gasteiger partial charge < -0.3 is 0 Å². The second-order valence-electron chi connectivity index (χ2n) is 6.91. The van der Waals surface area contributed by atoms with Gasteiger partial charge in [0.2, 0.25) is 0 Å². The van der Waals surface area contributed by atoms with Gasteiger partial charge in [-0.25, -0.2) is 0 Å². The maximum absolute atomic E-state index is 2.40. The van der Waals surface area contributed by atoms with E-state index in [1.165, 1.54) is 51.9 Å². The van der Waals surface area contributed by atoms with Crippen LogP contribution in [0.2, 0.25) is 0 Å². The largest absolute Gasteiger partial charge is 0.0616 e. The van der Waals surface area contributed by atoms with Gasteiger partial charge in [-0.05, 0) is 57.5 Å². The minimum absolute atomic E-state index is 0.518. The molecule has 4 aromatic carbocycles. The van der Waals surface area contributed by atoms with E-state index in [4.69, 9.17) is 0 Å². The van der Waals surface area contributed by atoms with Crippen LogP contribution in [0.3, 0.4) is 0 Å². The third-order valence-corrected chi connectivity index (χ3v) is 5.52. The maximum atomic E-state index is 2.40. The molecule has 1 aliphatic carbocycles. The summed E-state index contributed by atoms with van der Waals surface area (Å²) in [6.07, 6.45) is 3.74. The zero-order chi connectivity index (χ0) is 15.9. The van der Waals surface area contributed by atoms with Gasteiger partial charge in [-0.1, -0.05) is 78.9 Å². The van der Waals surface area contributed by atoms with Crippen molar-refractivity contribution in [3.05, 3.63) is 95.6 Å². The van der Waals surface area contributed by atoms with Crippen molar-refractivity contribution in [3.8, 4) is 0 Å². The summed E-state index contributed by atoms with van der Waals surface area (Å²) in [4.78, 5) is 0. The topological polar surface area (TPSA) is 0 Å². The minimum Gasteiger partial charge on any atom is -0.0616 e. The quantitative estimate of drug-likeness (QED) is 0.378. The highest BCUT2D eigenvalue weighted by Gasteiger charge is 2.24. The first-order valence-corrected chi connectivity index (χ1v) is 8.89. The van der Waals surface area contributed by atoms with E-state index in [0.29, 0.717) is 5.92 Å². The van der Waals surface area contributed by atoms with Gasteiger partial charge in [-0.15, -0.1) is 0 Å². The second-order valence-corrected chi connectivity index (χ2v) is 6.91. The summed E-state index contributed by atoms with van der Waals surface area (Å²) in [5.74, 6) is 0.518. The summed E-state index contributed by atoms with van der Waals surface area (Å²) in [5, 5.41) is 5.48. The van der Waals surface area contributed by atoms with E-state index in [1.54, 1.807) is 5.56 Å². The minimum atomic E-state index is 0.518. The van der Waals surface area contributed by atoms with E-state index in [1.807, 2.05) is 0 Å². The van der Waals surface area contributed by atoms with Gasteiger partial charge in [0.1, 0.15) is 0 Å². The predicted molar refractivity (Wildman–Crippen MR) is 103 cm³/mol. The summed E-state index contributed by atoms with van der Waals surface area (Å²) in [7, 11) is 0. The highest BCUT2D eigenvalue weighted by molar-refractivity contribution is 5.89. The van der Waals surface area contributed by atoms with Crippen molar-refractivity contribution in [1.82, 2.24) is 0 Å². The average Bonchev–Trinajstić information content (AvgIpc) is 2.67. The van der Waals surface area contributed by atoms with Crippen LogP contribution in [0, 0.1) is 0 Å². The lowest BCUT2D eigenvalue weighted by Gasteiger charge is -2.28. The Balaban J connectivity index is 1.74. The highest BCUT2D eigenvalue weighted by Crippen LogP contribution is 2.41. The number of benzene rings is 4. The first kappa shape index (κ1) is 13.8. The fraction of sp³-hybridized carbons (Fsp3) is 0.167. The van der Waals surface area contributed by atoms with Gasteiger partial charge in [0.15, 0.2) is 0 Å². The average molecular weight is 308 g/mol. The number of rotatable bonds is 1. The van der Waals surface area contributed by atoms with Crippen LogP contribution in [0.4, 0.5) is 0 Å². The maximum Gasteiger partial charge on any atom is 0.00985 e. The van der Waals surface area contributed by atoms with Crippen LogP contribution in [-0.4, -0.2) is 0 Å². The van der Waals surface area contributed by atoms with Crippen LogP contribution in [0.1, 0.15) is 35.4 Å². The van der Waals surface area contributed by atoms with Crippen LogP contribution >= 0.6 is 0 Å². The van der Waals surface area contributed by atoms with Gasteiger partial charge in [-0.2, -0.15) is 0 Å². The molecule has 24 heavy (non-hydrogen) atoms. The molecular weight excluding hydrogens is 288 g/mol. The Hall–Kier alpha value is -2.60. The summed E-state index contributed by atoms with van der Waals surface area (Å²) >= 11 is 0. The Labute approximate surface area is 142 Å². The first-order chi connectivity index (χ1) is 11.9. The molecule has 4 aromatic rings. The van der Waals surface area contributed by atoms with Crippen LogP contribution in [0.15, 0.2) is 78.9 Å². The molecule has 0 aromatic heterocycles. The smallest absolute Gasteiger partial charge is 0.00985 e. The van der Waals surface area contributed by atoms with E-state index in [-0.39, 0.29) is 0 Å². The molecule has 0 heteroatoms. The van der Waals surface area contributed by atoms with E-state index < -0.39 is 0 Å². The molecule has 5 rings (SSSR count). The lowest BCUT2D eigenvalue weighted by molar-refractivity contribution is 0.621. The van der Waals surface area contributed by atoms with E-state index in [0.717, 1.165) is 0 Å². The second kappa shape index (κ2) is 5.49. The molecule has 0 nitrogen and oxygen atoms in total. The van der Waals surface area contributed by atoms with Crippen molar-refractivity contribution < 1.29 is 0 Å². The van der Waals surface area contributed by atoms with Gasteiger partial charge in [0.05, 0.1) is 0 Å². The molecule has 0 aliphatic heterocycles. The summed E-state index contributed by atoms with van der Waals surface area (Å²) < 4.78 is 0. The van der Waals surface area contributed by atoms with Crippen LogP contribution in [-0.2, 0) is 6.42 Å². The normalized spacial score (nSPS) is 17.1. The van der Waals surface area contributed by atoms with E-state index >= 15 is 0 Å². The monoisotopic (exact) mass is 308 g/mol. The van der Waals surface area contributed by atoms with Crippen molar-refractivity contribution in [2.24, 2.45) is 0 Å². The molecule has 0 bridgehead atoms. The summed E-state index contributed by atoms with van der Waals surface area (Å²) in [6, 6.07) is 29.2. The van der Waals surface area contributed by atoms with Gasteiger partial charge in [0.25, 0.3) is 0 Å². The summed E-state index contributed by atoms with van der Waals surface area (Å²) in [6.45, 7) is 0. The van der Waals surface area contributed by atoms with E-state index in [2.05, 4.69) is 78.9 Å². The van der Waals surface area contributed by atoms with Crippen molar-refractivity contribution in [2.45, 2.75) is 25.2 Å². The number of hydrogen-bond donors (Lipinski definition) is 0. The van der Waals surface area contributed by atoms with Gasteiger partial charge in [-0.3, -0.25) is 0 Å². The number of fused-ring (bicyclic) bond motifs is 4. The van der Waals surface area contributed by atoms with E-state index in [9.17, 15) is 0 Å². The Morgan fingerprint density at radius 1 is 0.667 bits per heavy atom. The standard InChI is InChI=1S/C24H20/c1-2-8-20-16-21(15-12-17(20)6-1)23-11-5-9-19-14-13-18-7-3-4-10-22(18)24(19)23/h1-4,6-8,10,12-16,23H,5,9,11H2. The predicted octanol–water partition coefficient (Wildman–Crippen LogP) is 6.46. The molecular formula is C24H20. The Bertz CT molecular complexity index is 1040. The molecule has 0 amide bonds. The molecule has 0 spiro atoms. The molecule has 116 valence electrons. The van der Waals surface area contributed by atoms with Crippen LogP contribution < -0.4 is 0 Å². The molecule has 0 fully saturated rings. The van der Waals surface area contributed by atoms with Gasteiger partial charge in [0, 0.05) is 5.92 Å². The Kier molecular flexibility index (Phi) is 3.16. The molecule has 0 saturated heterocycles. The lowest BCUT2D eigenvalue weighted by atomic mass is 9.76. The SMILES string of the molecule is c1ccc2cc(C3CCCc4ccc5ccccc5c43)ccc2c1. The fourth-order valence-electron chi connectivity index (χ4n) is 4.37. The first-order valence-electron chi connectivity index (χ1n) is 8.89. The molecule has 0 radical (unpaired) electrons. The van der Waals surface area contributed by atoms with Crippen molar-refractivity contribution in [3.63, 3.8) is 0 Å². The lowest BCUT2D eigenvalue weighted by Crippen LogP contribution is -2.11.